The lowest BCUT2D eigenvalue weighted by molar-refractivity contribution is 0.000106. The van der Waals surface area contributed by atoms with Gasteiger partial charge in [-0.15, -0.1) is 0 Å². The molecule has 0 radical (unpaired) electrons. The van der Waals surface area contributed by atoms with Crippen LogP contribution in [0.5, 0.6) is 0 Å². The Hall–Kier alpha value is -1.35. The van der Waals surface area contributed by atoms with E-state index in [-0.39, 0.29) is 0 Å². The molecule has 3 nitrogen and oxygen atoms in total. The molecule has 0 unspecified atom stereocenters. The van der Waals surface area contributed by atoms with E-state index in [2.05, 4.69) is 44.9 Å². The Labute approximate surface area is 128 Å². The summed E-state index contributed by atoms with van der Waals surface area (Å²) in [6, 6.07) is 8.25. The van der Waals surface area contributed by atoms with E-state index in [0.717, 1.165) is 29.4 Å². The number of fused-ring (bicyclic) bond motifs is 1. The first-order valence-electron chi connectivity index (χ1n) is 7.94. The Bertz CT molecular complexity index is 588. The van der Waals surface area contributed by atoms with Crippen molar-refractivity contribution in [1.82, 2.24) is 9.78 Å². The van der Waals surface area contributed by atoms with Crippen molar-refractivity contribution < 1.29 is 5.11 Å². The third-order valence-corrected chi connectivity index (χ3v) is 3.91. The number of aromatic nitrogens is 2. The summed E-state index contributed by atoms with van der Waals surface area (Å²) in [5, 5.41) is 16.9. The van der Waals surface area contributed by atoms with E-state index in [9.17, 15) is 5.11 Å². The Morgan fingerprint density at radius 3 is 2.24 bits per heavy atom. The summed E-state index contributed by atoms with van der Waals surface area (Å²) >= 11 is 0. The summed E-state index contributed by atoms with van der Waals surface area (Å²) in [7, 11) is 1.97. The second-order valence-corrected chi connectivity index (χ2v) is 7.18. The van der Waals surface area contributed by atoms with E-state index in [1.807, 2.05) is 23.9 Å². The van der Waals surface area contributed by atoms with Gasteiger partial charge in [-0.1, -0.05) is 45.9 Å². The second kappa shape index (κ2) is 6.18. The van der Waals surface area contributed by atoms with Crippen LogP contribution in [0.4, 0.5) is 0 Å². The maximum Gasteiger partial charge on any atom is 0.0731 e. The van der Waals surface area contributed by atoms with E-state index in [4.69, 9.17) is 0 Å². The number of hydrogen-bond donors (Lipinski definition) is 1. The van der Waals surface area contributed by atoms with Gasteiger partial charge in [0.15, 0.2) is 0 Å². The maximum atomic E-state index is 11.1. The molecular formula is C18H28N2O. The fraction of sp³-hybridized carbons (Fsp3) is 0.611. The van der Waals surface area contributed by atoms with Gasteiger partial charge < -0.3 is 5.11 Å². The highest BCUT2D eigenvalue weighted by Gasteiger charge is 2.31. The number of benzene rings is 1. The molecule has 0 aliphatic heterocycles. The fourth-order valence-corrected chi connectivity index (χ4v) is 3.48. The van der Waals surface area contributed by atoms with Crippen LogP contribution in [0, 0.1) is 11.8 Å². The number of rotatable bonds is 6. The quantitative estimate of drug-likeness (QED) is 0.874. The Morgan fingerprint density at radius 1 is 1.10 bits per heavy atom. The third-order valence-electron chi connectivity index (χ3n) is 3.91. The van der Waals surface area contributed by atoms with Crippen molar-refractivity contribution in [2.24, 2.45) is 18.9 Å². The predicted octanol–water partition coefficient (Wildman–Crippen LogP) is 3.94. The standard InChI is InChI=1S/C18H28N2O/c1-13(2)10-18(21,11-14(3)4)12-16-15-8-6-7-9-17(15)20(5)19-16/h6-9,13-14,21H,10-12H2,1-5H3. The first kappa shape index (κ1) is 16.0. The lowest BCUT2D eigenvalue weighted by Gasteiger charge is -2.31. The number of aliphatic hydroxyl groups is 1. The highest BCUT2D eigenvalue weighted by molar-refractivity contribution is 5.81. The van der Waals surface area contributed by atoms with Crippen LogP contribution in [-0.4, -0.2) is 20.5 Å². The highest BCUT2D eigenvalue weighted by Crippen LogP contribution is 2.30. The smallest absolute Gasteiger partial charge is 0.0731 e. The van der Waals surface area contributed by atoms with Crippen LogP contribution >= 0.6 is 0 Å². The van der Waals surface area contributed by atoms with Crippen molar-refractivity contribution in [2.75, 3.05) is 0 Å². The Balaban J connectivity index is 2.34. The van der Waals surface area contributed by atoms with Crippen molar-refractivity contribution >= 4 is 10.9 Å². The zero-order valence-electron chi connectivity index (χ0n) is 13.9. The van der Waals surface area contributed by atoms with E-state index in [1.165, 1.54) is 0 Å². The molecule has 0 fully saturated rings. The molecule has 0 aliphatic rings. The molecule has 1 heterocycles. The summed E-state index contributed by atoms with van der Waals surface area (Å²) in [6.07, 6.45) is 2.26. The average Bonchev–Trinajstić information content (AvgIpc) is 2.64. The number of para-hydroxylation sites is 1. The summed E-state index contributed by atoms with van der Waals surface area (Å²) in [6.45, 7) is 8.67. The van der Waals surface area contributed by atoms with Crippen molar-refractivity contribution in [3.8, 4) is 0 Å². The average molecular weight is 288 g/mol. The molecule has 1 aromatic heterocycles. The van der Waals surface area contributed by atoms with E-state index in [0.29, 0.717) is 18.3 Å². The monoisotopic (exact) mass is 288 g/mol. The Kier molecular flexibility index (Phi) is 4.72. The van der Waals surface area contributed by atoms with E-state index < -0.39 is 5.60 Å². The van der Waals surface area contributed by atoms with Gasteiger partial charge in [-0.2, -0.15) is 5.10 Å². The Morgan fingerprint density at radius 2 is 1.67 bits per heavy atom. The first-order chi connectivity index (χ1) is 9.81. The molecule has 0 amide bonds. The summed E-state index contributed by atoms with van der Waals surface area (Å²) in [5.41, 5.74) is 1.47. The summed E-state index contributed by atoms with van der Waals surface area (Å²) in [4.78, 5) is 0. The van der Waals surface area contributed by atoms with Gasteiger partial charge in [0, 0.05) is 18.9 Å². The van der Waals surface area contributed by atoms with Gasteiger partial charge in [0.05, 0.1) is 16.8 Å². The molecule has 2 aromatic rings. The maximum absolute atomic E-state index is 11.1. The van der Waals surface area contributed by atoms with Gasteiger partial charge in [-0.05, 0) is 30.7 Å². The van der Waals surface area contributed by atoms with Crippen LogP contribution in [0.1, 0.15) is 46.2 Å². The SMILES string of the molecule is CC(C)CC(O)(Cc1nn(C)c2ccccc12)CC(C)C. The van der Waals surface area contributed by atoms with Gasteiger partial charge >= 0.3 is 0 Å². The molecule has 1 N–H and O–H groups in total. The van der Waals surface area contributed by atoms with Crippen LogP contribution in [0.15, 0.2) is 24.3 Å². The van der Waals surface area contributed by atoms with Crippen LogP contribution in [0.25, 0.3) is 10.9 Å². The van der Waals surface area contributed by atoms with E-state index >= 15 is 0 Å². The lowest BCUT2D eigenvalue weighted by atomic mass is 9.81. The molecule has 0 atom stereocenters. The van der Waals surface area contributed by atoms with Crippen molar-refractivity contribution in [3.63, 3.8) is 0 Å². The van der Waals surface area contributed by atoms with Crippen molar-refractivity contribution in [1.29, 1.82) is 0 Å². The minimum absolute atomic E-state index is 0.476. The molecular weight excluding hydrogens is 260 g/mol. The van der Waals surface area contributed by atoms with Gasteiger partial charge in [0.2, 0.25) is 0 Å². The normalized spacial score (nSPS) is 12.8. The third kappa shape index (κ3) is 3.85. The number of nitrogens with zero attached hydrogens (tertiary/aromatic N) is 2. The molecule has 0 saturated carbocycles. The molecule has 0 spiro atoms. The first-order valence-corrected chi connectivity index (χ1v) is 7.94. The van der Waals surface area contributed by atoms with Gasteiger partial charge in [0.1, 0.15) is 0 Å². The van der Waals surface area contributed by atoms with Crippen LogP contribution in [0.3, 0.4) is 0 Å². The summed E-state index contributed by atoms with van der Waals surface area (Å²) < 4.78 is 1.91. The zero-order chi connectivity index (χ0) is 15.6. The molecule has 116 valence electrons. The molecule has 21 heavy (non-hydrogen) atoms. The van der Waals surface area contributed by atoms with Gasteiger partial charge in [0.25, 0.3) is 0 Å². The molecule has 1 aromatic carbocycles. The topological polar surface area (TPSA) is 38.1 Å². The second-order valence-electron chi connectivity index (χ2n) is 7.18. The van der Waals surface area contributed by atoms with Crippen LogP contribution in [-0.2, 0) is 13.5 Å². The van der Waals surface area contributed by atoms with Crippen LogP contribution in [0.2, 0.25) is 0 Å². The molecule has 0 aliphatic carbocycles. The van der Waals surface area contributed by atoms with Gasteiger partial charge in [-0.3, -0.25) is 4.68 Å². The largest absolute Gasteiger partial charge is 0.389 e. The lowest BCUT2D eigenvalue weighted by Crippen LogP contribution is -2.35. The summed E-state index contributed by atoms with van der Waals surface area (Å²) in [5.74, 6) is 0.951. The van der Waals surface area contributed by atoms with E-state index in [1.54, 1.807) is 0 Å². The van der Waals surface area contributed by atoms with Crippen molar-refractivity contribution in [2.45, 2.75) is 52.6 Å². The molecule has 2 rings (SSSR count). The van der Waals surface area contributed by atoms with Crippen molar-refractivity contribution in [3.05, 3.63) is 30.0 Å². The van der Waals surface area contributed by atoms with Gasteiger partial charge in [-0.25, -0.2) is 0 Å². The molecule has 0 saturated heterocycles. The number of hydrogen-bond acceptors (Lipinski definition) is 2. The minimum Gasteiger partial charge on any atom is -0.389 e. The predicted molar refractivity (Wildman–Crippen MR) is 88.3 cm³/mol. The molecule has 3 heteroatoms. The fourth-order valence-electron chi connectivity index (χ4n) is 3.48. The zero-order valence-corrected chi connectivity index (χ0v) is 13.9. The van der Waals surface area contributed by atoms with Crippen LogP contribution < -0.4 is 0 Å². The number of aryl methyl sites for hydroxylation is 1. The highest BCUT2D eigenvalue weighted by atomic mass is 16.3. The molecule has 0 bridgehead atoms. The minimum atomic E-state index is -0.667.